The molecule has 6 nitrogen and oxygen atoms in total. The SMILES string of the molecule is CCNC(=O)[C@H](C)OC(=O)c1c(-c2cccs2)csc1NC(C)=O. The lowest BCUT2D eigenvalue weighted by Gasteiger charge is -2.14. The molecule has 2 aromatic rings. The van der Waals surface area contributed by atoms with Crippen molar-refractivity contribution in [2.24, 2.45) is 0 Å². The predicted octanol–water partition coefficient (Wildman–Crippen LogP) is 3.12. The monoisotopic (exact) mass is 366 g/mol. The third-order valence-electron chi connectivity index (χ3n) is 3.08. The predicted molar refractivity (Wildman–Crippen MR) is 95.5 cm³/mol. The molecule has 2 amide bonds. The number of hydrogen-bond donors (Lipinski definition) is 2. The third-order valence-corrected chi connectivity index (χ3v) is 4.87. The highest BCUT2D eigenvalue weighted by Crippen LogP contribution is 2.38. The minimum Gasteiger partial charge on any atom is -0.449 e. The summed E-state index contributed by atoms with van der Waals surface area (Å²) in [5.74, 6) is -1.28. The van der Waals surface area contributed by atoms with Crippen LogP contribution in [0.4, 0.5) is 5.00 Å². The summed E-state index contributed by atoms with van der Waals surface area (Å²) in [6, 6.07) is 3.76. The fourth-order valence-corrected chi connectivity index (χ4v) is 3.83. The number of thiophene rings is 2. The standard InChI is InChI=1S/C16H18N2O4S2/c1-4-17-14(20)9(2)22-16(21)13-11(12-6-5-7-23-12)8-24-15(13)18-10(3)19/h5-9H,4H2,1-3H3,(H,17,20)(H,18,19)/t9-/m0/s1. The van der Waals surface area contributed by atoms with Gasteiger partial charge in [-0.1, -0.05) is 6.07 Å². The summed E-state index contributed by atoms with van der Waals surface area (Å²) >= 11 is 2.73. The molecule has 2 aromatic heterocycles. The Balaban J connectivity index is 2.32. The zero-order valence-electron chi connectivity index (χ0n) is 13.5. The Bertz CT molecular complexity index is 737. The Morgan fingerprint density at radius 1 is 1.29 bits per heavy atom. The van der Waals surface area contributed by atoms with Gasteiger partial charge >= 0.3 is 5.97 Å². The quantitative estimate of drug-likeness (QED) is 0.769. The third kappa shape index (κ3) is 4.21. The molecular formula is C16H18N2O4S2. The molecule has 0 aromatic carbocycles. The maximum absolute atomic E-state index is 12.6. The molecule has 0 saturated heterocycles. The minimum absolute atomic E-state index is 0.272. The van der Waals surface area contributed by atoms with Gasteiger partial charge in [0.2, 0.25) is 5.91 Å². The topological polar surface area (TPSA) is 84.5 Å². The summed E-state index contributed by atoms with van der Waals surface area (Å²) in [4.78, 5) is 36.6. The molecule has 0 spiro atoms. The Morgan fingerprint density at radius 2 is 2.04 bits per heavy atom. The van der Waals surface area contributed by atoms with Crippen molar-refractivity contribution in [3.05, 3.63) is 28.5 Å². The fraction of sp³-hybridized carbons (Fsp3) is 0.312. The molecule has 0 bridgehead atoms. The second-order valence-corrected chi connectivity index (χ2v) is 6.78. The Labute approximate surface area is 147 Å². The van der Waals surface area contributed by atoms with Crippen LogP contribution in [0.1, 0.15) is 31.1 Å². The fourth-order valence-electron chi connectivity index (χ4n) is 2.02. The highest BCUT2D eigenvalue weighted by atomic mass is 32.1. The van der Waals surface area contributed by atoms with Crippen molar-refractivity contribution in [2.75, 3.05) is 11.9 Å². The lowest BCUT2D eigenvalue weighted by Crippen LogP contribution is -2.35. The second kappa shape index (κ2) is 8.07. The van der Waals surface area contributed by atoms with E-state index in [9.17, 15) is 14.4 Å². The van der Waals surface area contributed by atoms with Crippen molar-refractivity contribution in [3.63, 3.8) is 0 Å². The summed E-state index contributed by atoms with van der Waals surface area (Å²) < 4.78 is 5.28. The van der Waals surface area contributed by atoms with Crippen LogP contribution >= 0.6 is 22.7 Å². The summed E-state index contributed by atoms with van der Waals surface area (Å²) in [6.45, 7) is 5.13. The van der Waals surface area contributed by atoms with Crippen molar-refractivity contribution >= 4 is 45.5 Å². The van der Waals surface area contributed by atoms with Crippen LogP contribution in [0.25, 0.3) is 10.4 Å². The molecule has 1 atom stereocenters. The van der Waals surface area contributed by atoms with Gasteiger partial charge in [0.1, 0.15) is 10.6 Å². The van der Waals surface area contributed by atoms with Crippen LogP contribution in [0.3, 0.4) is 0 Å². The molecule has 0 saturated carbocycles. The smallest absolute Gasteiger partial charge is 0.342 e. The molecule has 0 unspecified atom stereocenters. The van der Waals surface area contributed by atoms with Crippen LogP contribution in [0.5, 0.6) is 0 Å². The summed E-state index contributed by atoms with van der Waals surface area (Å²) in [5.41, 5.74) is 0.959. The van der Waals surface area contributed by atoms with Gasteiger partial charge in [-0.2, -0.15) is 0 Å². The van der Waals surface area contributed by atoms with Crippen LogP contribution < -0.4 is 10.6 Å². The van der Waals surface area contributed by atoms with E-state index >= 15 is 0 Å². The summed E-state index contributed by atoms with van der Waals surface area (Å²) in [7, 11) is 0. The first kappa shape index (κ1) is 18.2. The van der Waals surface area contributed by atoms with Crippen LogP contribution in [0.2, 0.25) is 0 Å². The van der Waals surface area contributed by atoms with E-state index in [1.165, 1.54) is 36.5 Å². The summed E-state index contributed by atoms with van der Waals surface area (Å²) in [6.07, 6.45) is -0.918. The number of carbonyl (C=O) groups excluding carboxylic acids is 3. The normalized spacial score (nSPS) is 11.6. The van der Waals surface area contributed by atoms with Crippen LogP contribution in [-0.2, 0) is 14.3 Å². The van der Waals surface area contributed by atoms with Crippen molar-refractivity contribution in [2.45, 2.75) is 26.9 Å². The highest BCUT2D eigenvalue weighted by molar-refractivity contribution is 7.17. The van der Waals surface area contributed by atoms with Gasteiger partial charge in [0, 0.05) is 29.3 Å². The molecule has 8 heteroatoms. The molecule has 2 rings (SSSR count). The van der Waals surface area contributed by atoms with E-state index in [-0.39, 0.29) is 17.4 Å². The molecule has 0 aliphatic heterocycles. The highest BCUT2D eigenvalue weighted by Gasteiger charge is 2.26. The van der Waals surface area contributed by atoms with E-state index in [4.69, 9.17) is 4.74 Å². The number of likely N-dealkylation sites (N-methyl/N-ethyl adjacent to an activating group) is 1. The van der Waals surface area contributed by atoms with Gasteiger partial charge in [-0.15, -0.1) is 22.7 Å². The Morgan fingerprint density at radius 3 is 2.62 bits per heavy atom. The number of nitrogens with one attached hydrogen (secondary N) is 2. The molecule has 24 heavy (non-hydrogen) atoms. The number of rotatable bonds is 6. The molecule has 0 aliphatic rings. The number of carbonyl (C=O) groups is 3. The van der Waals surface area contributed by atoms with Crippen molar-refractivity contribution < 1.29 is 19.1 Å². The average molecular weight is 366 g/mol. The van der Waals surface area contributed by atoms with Gasteiger partial charge in [0.05, 0.1) is 0 Å². The van der Waals surface area contributed by atoms with Gasteiger partial charge in [-0.05, 0) is 25.3 Å². The van der Waals surface area contributed by atoms with Crippen molar-refractivity contribution in [1.82, 2.24) is 5.32 Å². The van der Waals surface area contributed by atoms with E-state index in [1.54, 1.807) is 12.3 Å². The molecule has 2 heterocycles. The van der Waals surface area contributed by atoms with Crippen molar-refractivity contribution in [1.29, 1.82) is 0 Å². The van der Waals surface area contributed by atoms with Crippen LogP contribution in [-0.4, -0.2) is 30.4 Å². The number of ether oxygens (including phenoxy) is 1. The maximum Gasteiger partial charge on any atom is 0.342 e. The lowest BCUT2D eigenvalue weighted by molar-refractivity contribution is -0.129. The van der Waals surface area contributed by atoms with E-state index < -0.39 is 12.1 Å². The van der Waals surface area contributed by atoms with Crippen LogP contribution in [0.15, 0.2) is 22.9 Å². The van der Waals surface area contributed by atoms with Gasteiger partial charge in [-0.3, -0.25) is 9.59 Å². The molecule has 0 aliphatic carbocycles. The van der Waals surface area contributed by atoms with Gasteiger partial charge < -0.3 is 15.4 Å². The first-order valence-electron chi connectivity index (χ1n) is 7.35. The van der Waals surface area contributed by atoms with E-state index in [0.29, 0.717) is 17.1 Å². The van der Waals surface area contributed by atoms with Gasteiger partial charge in [0.15, 0.2) is 6.10 Å². The zero-order chi connectivity index (χ0) is 17.7. The number of amides is 2. The molecular weight excluding hydrogens is 348 g/mol. The van der Waals surface area contributed by atoms with Crippen LogP contribution in [0, 0.1) is 0 Å². The number of anilines is 1. The second-order valence-electron chi connectivity index (χ2n) is 4.95. The molecule has 2 N–H and O–H groups in total. The average Bonchev–Trinajstić information content (AvgIpc) is 3.15. The first-order chi connectivity index (χ1) is 11.4. The van der Waals surface area contributed by atoms with E-state index in [2.05, 4.69) is 10.6 Å². The molecule has 0 fully saturated rings. The lowest BCUT2D eigenvalue weighted by atomic mass is 10.1. The molecule has 0 radical (unpaired) electrons. The van der Waals surface area contributed by atoms with Crippen molar-refractivity contribution in [3.8, 4) is 10.4 Å². The maximum atomic E-state index is 12.6. The van der Waals surface area contributed by atoms with Gasteiger partial charge in [-0.25, -0.2) is 4.79 Å². The Hall–Kier alpha value is -2.19. The molecule has 128 valence electrons. The number of hydrogen-bond acceptors (Lipinski definition) is 6. The largest absolute Gasteiger partial charge is 0.449 e. The van der Waals surface area contributed by atoms with Gasteiger partial charge in [0.25, 0.3) is 5.91 Å². The van der Waals surface area contributed by atoms with E-state index in [0.717, 1.165) is 4.88 Å². The first-order valence-corrected chi connectivity index (χ1v) is 9.11. The van der Waals surface area contributed by atoms with E-state index in [1.807, 2.05) is 17.5 Å². The number of esters is 1. The Kier molecular flexibility index (Phi) is 6.10. The minimum atomic E-state index is -0.918. The summed E-state index contributed by atoms with van der Waals surface area (Å²) in [5, 5.41) is 9.36. The zero-order valence-corrected chi connectivity index (χ0v) is 15.2.